The van der Waals surface area contributed by atoms with E-state index in [1.54, 1.807) is 17.4 Å². The van der Waals surface area contributed by atoms with E-state index in [4.69, 9.17) is 9.73 Å². The molecule has 1 amide bonds. The fourth-order valence-corrected chi connectivity index (χ4v) is 6.41. The van der Waals surface area contributed by atoms with E-state index < -0.39 is 0 Å². The molecule has 32 heavy (non-hydrogen) atoms. The molecule has 0 bridgehead atoms. The molecule has 0 saturated carbocycles. The van der Waals surface area contributed by atoms with Crippen molar-refractivity contribution in [2.45, 2.75) is 26.3 Å². The molecule has 1 fully saturated rings. The Morgan fingerprint density at radius 2 is 2.00 bits per heavy atom. The maximum atomic E-state index is 13.2. The van der Waals surface area contributed by atoms with E-state index in [1.165, 1.54) is 10.4 Å². The van der Waals surface area contributed by atoms with E-state index >= 15 is 0 Å². The van der Waals surface area contributed by atoms with Crippen molar-refractivity contribution in [2.24, 2.45) is 10.9 Å². The fourth-order valence-electron chi connectivity index (χ4n) is 4.93. The van der Waals surface area contributed by atoms with Crippen molar-refractivity contribution in [1.29, 1.82) is 0 Å². The van der Waals surface area contributed by atoms with E-state index in [0.717, 1.165) is 34.3 Å². The third-order valence-corrected chi connectivity index (χ3v) is 7.74. The molecule has 1 aliphatic carbocycles. The SMILES string of the molecule is Cc1nnc2n1-c1sc3c(c1C(c1ccccc1O)=NC2)CC(C(=O)N1CCOCC1)C3. The zero-order valence-corrected chi connectivity index (χ0v) is 18.6. The monoisotopic (exact) mass is 449 g/mol. The van der Waals surface area contributed by atoms with Crippen molar-refractivity contribution >= 4 is 23.0 Å². The largest absolute Gasteiger partial charge is 0.507 e. The van der Waals surface area contributed by atoms with Gasteiger partial charge in [0.15, 0.2) is 5.82 Å². The minimum absolute atomic E-state index is 0.0602. The van der Waals surface area contributed by atoms with Crippen LogP contribution in [0, 0.1) is 12.8 Å². The Balaban J connectivity index is 1.45. The average molecular weight is 450 g/mol. The Morgan fingerprint density at radius 1 is 1.19 bits per heavy atom. The van der Waals surface area contributed by atoms with E-state index in [2.05, 4.69) is 14.8 Å². The highest BCUT2D eigenvalue weighted by atomic mass is 32.1. The van der Waals surface area contributed by atoms with Gasteiger partial charge in [0.2, 0.25) is 5.91 Å². The summed E-state index contributed by atoms with van der Waals surface area (Å²) in [6.07, 6.45) is 1.41. The van der Waals surface area contributed by atoms with Gasteiger partial charge < -0.3 is 14.7 Å². The normalized spacial score (nSPS) is 19.7. The van der Waals surface area contributed by atoms with E-state index in [9.17, 15) is 9.90 Å². The van der Waals surface area contributed by atoms with E-state index in [0.29, 0.717) is 44.8 Å². The Bertz CT molecular complexity index is 1250. The molecule has 4 heterocycles. The first-order chi connectivity index (χ1) is 15.6. The lowest BCUT2D eigenvalue weighted by molar-refractivity contribution is -0.139. The molecular formula is C23H23N5O3S. The molecule has 164 valence electrons. The molecule has 2 aromatic heterocycles. The van der Waals surface area contributed by atoms with Crippen LogP contribution in [0.4, 0.5) is 0 Å². The highest BCUT2D eigenvalue weighted by Gasteiger charge is 2.38. The van der Waals surface area contributed by atoms with E-state index in [1.807, 2.05) is 30.0 Å². The molecule has 1 aromatic carbocycles. The number of morpholine rings is 1. The molecule has 8 nitrogen and oxygen atoms in total. The first-order valence-corrected chi connectivity index (χ1v) is 11.7. The number of carbonyl (C=O) groups is 1. The van der Waals surface area contributed by atoms with Gasteiger partial charge in [-0.3, -0.25) is 14.4 Å². The third-order valence-electron chi connectivity index (χ3n) is 6.50. The number of aryl methyl sites for hydroxylation is 1. The number of para-hydroxylation sites is 1. The van der Waals surface area contributed by atoms with Gasteiger partial charge in [0.05, 0.1) is 18.9 Å². The van der Waals surface area contributed by atoms with Crippen molar-refractivity contribution in [3.8, 4) is 10.8 Å². The van der Waals surface area contributed by atoms with Crippen LogP contribution in [0.3, 0.4) is 0 Å². The number of carbonyl (C=O) groups excluding carboxylic acids is 1. The van der Waals surface area contributed by atoms with E-state index in [-0.39, 0.29) is 17.6 Å². The summed E-state index contributed by atoms with van der Waals surface area (Å²) in [4.78, 5) is 21.2. The first-order valence-electron chi connectivity index (χ1n) is 10.9. The number of ether oxygens (including phenoxy) is 1. The summed E-state index contributed by atoms with van der Waals surface area (Å²) in [6, 6.07) is 7.30. The van der Waals surface area contributed by atoms with Gasteiger partial charge in [0.1, 0.15) is 23.1 Å². The molecule has 1 N–H and O–H groups in total. The molecule has 0 spiro atoms. The van der Waals surface area contributed by atoms with Crippen LogP contribution in [0.1, 0.15) is 33.2 Å². The summed E-state index contributed by atoms with van der Waals surface area (Å²) in [5.74, 6) is 1.95. The van der Waals surface area contributed by atoms with Gasteiger partial charge >= 0.3 is 0 Å². The number of hydrogen-bond donors (Lipinski definition) is 1. The van der Waals surface area contributed by atoms with Gasteiger partial charge in [-0.25, -0.2) is 0 Å². The number of nitrogens with zero attached hydrogens (tertiary/aromatic N) is 5. The summed E-state index contributed by atoms with van der Waals surface area (Å²) in [6.45, 7) is 4.87. The van der Waals surface area contributed by atoms with Crippen molar-refractivity contribution in [3.05, 3.63) is 57.5 Å². The van der Waals surface area contributed by atoms with Gasteiger partial charge in [-0.15, -0.1) is 21.5 Å². The number of benzene rings is 1. The number of aromatic hydroxyl groups is 1. The van der Waals surface area contributed by atoms with Crippen LogP contribution in [0.25, 0.3) is 5.00 Å². The van der Waals surface area contributed by atoms with Crippen molar-refractivity contribution < 1.29 is 14.6 Å². The molecule has 9 heteroatoms. The van der Waals surface area contributed by atoms with Crippen molar-refractivity contribution in [2.75, 3.05) is 26.3 Å². The minimum atomic E-state index is -0.0602. The number of phenolic OH excluding ortho intramolecular Hbond substituents is 1. The van der Waals surface area contributed by atoms with Gasteiger partial charge in [-0.1, -0.05) is 12.1 Å². The average Bonchev–Trinajstić information content (AvgIpc) is 3.45. The second kappa shape index (κ2) is 7.53. The molecule has 3 aromatic rings. The molecule has 2 aliphatic heterocycles. The number of rotatable bonds is 2. The zero-order chi connectivity index (χ0) is 21.8. The molecule has 3 aliphatic rings. The van der Waals surface area contributed by atoms with Crippen LogP contribution in [0.5, 0.6) is 5.75 Å². The smallest absolute Gasteiger partial charge is 0.226 e. The summed E-state index contributed by atoms with van der Waals surface area (Å²) in [5, 5.41) is 20.2. The lowest BCUT2D eigenvalue weighted by Crippen LogP contribution is -2.44. The zero-order valence-electron chi connectivity index (χ0n) is 17.7. The number of phenols is 1. The second-order valence-electron chi connectivity index (χ2n) is 8.41. The molecule has 0 radical (unpaired) electrons. The summed E-state index contributed by atoms with van der Waals surface area (Å²) < 4.78 is 7.49. The number of aliphatic imine (C=N–C) groups is 1. The van der Waals surface area contributed by atoms with Crippen LogP contribution < -0.4 is 0 Å². The Labute approximate surface area is 189 Å². The molecule has 1 unspecified atom stereocenters. The summed E-state index contributed by atoms with van der Waals surface area (Å²) in [7, 11) is 0. The van der Waals surface area contributed by atoms with Gasteiger partial charge in [-0.2, -0.15) is 0 Å². The molecule has 6 rings (SSSR count). The van der Waals surface area contributed by atoms with Crippen LogP contribution >= 0.6 is 11.3 Å². The fraction of sp³-hybridized carbons (Fsp3) is 0.391. The van der Waals surface area contributed by atoms with Crippen LogP contribution in [0.2, 0.25) is 0 Å². The summed E-state index contributed by atoms with van der Waals surface area (Å²) in [5.41, 5.74) is 3.64. The Morgan fingerprint density at radius 3 is 2.81 bits per heavy atom. The standard InChI is InChI=1S/C23H23N5O3S/c1-13-25-26-19-12-24-21(15-4-2-3-5-17(15)29)20-16-10-14(11-18(16)32-23(20)28(13)19)22(30)27-6-8-31-9-7-27/h2-5,14,29H,6-12H2,1H3. The predicted molar refractivity (Wildman–Crippen MR) is 120 cm³/mol. The summed E-state index contributed by atoms with van der Waals surface area (Å²) >= 11 is 1.70. The highest BCUT2D eigenvalue weighted by Crippen LogP contribution is 2.44. The van der Waals surface area contributed by atoms with Gasteiger partial charge in [0, 0.05) is 35.0 Å². The van der Waals surface area contributed by atoms with Crippen LogP contribution in [-0.4, -0.2) is 62.7 Å². The lowest BCUT2D eigenvalue weighted by Gasteiger charge is -2.29. The number of aromatic nitrogens is 3. The van der Waals surface area contributed by atoms with Crippen molar-refractivity contribution in [1.82, 2.24) is 19.7 Å². The number of thiophene rings is 1. The first kappa shape index (κ1) is 19.6. The molecule has 1 atom stereocenters. The van der Waals surface area contributed by atoms with Gasteiger partial charge in [0.25, 0.3) is 0 Å². The topological polar surface area (TPSA) is 92.8 Å². The Hall–Kier alpha value is -3.04. The second-order valence-corrected chi connectivity index (χ2v) is 9.49. The van der Waals surface area contributed by atoms with Crippen molar-refractivity contribution in [3.63, 3.8) is 0 Å². The number of hydrogen-bond acceptors (Lipinski definition) is 7. The minimum Gasteiger partial charge on any atom is -0.507 e. The third kappa shape index (κ3) is 2.99. The molecular weight excluding hydrogens is 426 g/mol. The maximum Gasteiger partial charge on any atom is 0.226 e. The number of fused-ring (bicyclic) bond motifs is 5. The number of amides is 1. The Kier molecular flexibility index (Phi) is 4.62. The maximum absolute atomic E-state index is 13.2. The van der Waals surface area contributed by atoms with Crippen LogP contribution in [-0.2, 0) is 28.9 Å². The highest BCUT2D eigenvalue weighted by molar-refractivity contribution is 7.15. The van der Waals surface area contributed by atoms with Gasteiger partial charge in [-0.05, 0) is 37.5 Å². The predicted octanol–water partition coefficient (Wildman–Crippen LogP) is 2.27. The molecule has 1 saturated heterocycles. The quantitative estimate of drug-likeness (QED) is 0.648. The van der Waals surface area contributed by atoms with Crippen LogP contribution in [0.15, 0.2) is 29.3 Å². The lowest BCUT2D eigenvalue weighted by atomic mass is 9.96.